The molecule has 4 heteroatoms. The lowest BCUT2D eigenvalue weighted by Gasteiger charge is -2.09. The van der Waals surface area contributed by atoms with Crippen LogP contribution in [0.4, 0.5) is 10.2 Å². The van der Waals surface area contributed by atoms with E-state index in [1.807, 2.05) is 24.3 Å². The van der Waals surface area contributed by atoms with Gasteiger partial charge in [-0.1, -0.05) is 42.5 Å². The first-order valence-corrected chi connectivity index (χ1v) is 8.00. The highest BCUT2D eigenvalue weighted by atomic mass is 19.1. The minimum absolute atomic E-state index is 0.261. The van der Waals surface area contributed by atoms with Gasteiger partial charge in [-0.05, 0) is 31.4 Å². The number of aromatic nitrogens is 2. The molecule has 0 saturated carbocycles. The van der Waals surface area contributed by atoms with Crippen LogP contribution in [0, 0.1) is 5.82 Å². The third-order valence-electron chi connectivity index (χ3n) is 4.26. The van der Waals surface area contributed by atoms with Crippen molar-refractivity contribution in [3.8, 4) is 16.9 Å². The molecule has 1 N–H and O–H groups in total. The van der Waals surface area contributed by atoms with E-state index in [1.165, 1.54) is 11.6 Å². The highest BCUT2D eigenvalue weighted by molar-refractivity contribution is 5.71. The summed E-state index contributed by atoms with van der Waals surface area (Å²) in [7, 11) is 0. The van der Waals surface area contributed by atoms with E-state index in [1.54, 1.807) is 16.8 Å². The van der Waals surface area contributed by atoms with Crippen molar-refractivity contribution in [1.82, 2.24) is 9.78 Å². The molecule has 1 aliphatic heterocycles. The van der Waals surface area contributed by atoms with Gasteiger partial charge in [0.15, 0.2) is 0 Å². The Bertz CT molecular complexity index is 824. The van der Waals surface area contributed by atoms with E-state index < -0.39 is 0 Å². The molecule has 0 amide bonds. The standard InChI is InChI=1S/C19H18FN3/c20-16-11-4-5-12-17(16)23-19-15(10-6-7-13-21-19)18(22-23)14-8-2-1-3-9-14/h1-5,8-9,11-12,21H,6-7,10,13H2. The Labute approximate surface area is 134 Å². The second-order valence-electron chi connectivity index (χ2n) is 5.79. The van der Waals surface area contributed by atoms with E-state index >= 15 is 0 Å². The van der Waals surface area contributed by atoms with Crippen LogP contribution in [0.5, 0.6) is 0 Å². The van der Waals surface area contributed by atoms with Gasteiger partial charge >= 0.3 is 0 Å². The molecule has 0 bridgehead atoms. The predicted octanol–water partition coefficient (Wildman–Crippen LogP) is 4.43. The van der Waals surface area contributed by atoms with Gasteiger partial charge < -0.3 is 5.32 Å². The molecule has 0 spiro atoms. The van der Waals surface area contributed by atoms with Gasteiger partial charge in [-0.25, -0.2) is 9.07 Å². The fourth-order valence-corrected chi connectivity index (χ4v) is 3.13. The number of hydrogen-bond donors (Lipinski definition) is 1. The van der Waals surface area contributed by atoms with Crippen molar-refractivity contribution in [3.05, 3.63) is 66.0 Å². The monoisotopic (exact) mass is 307 g/mol. The zero-order valence-electron chi connectivity index (χ0n) is 12.8. The predicted molar refractivity (Wildman–Crippen MR) is 90.4 cm³/mol. The van der Waals surface area contributed by atoms with Crippen molar-refractivity contribution in [3.63, 3.8) is 0 Å². The van der Waals surface area contributed by atoms with Crippen LogP contribution in [0.25, 0.3) is 16.9 Å². The molecule has 0 atom stereocenters. The second kappa shape index (κ2) is 5.88. The van der Waals surface area contributed by atoms with Crippen molar-refractivity contribution >= 4 is 5.82 Å². The summed E-state index contributed by atoms with van der Waals surface area (Å²) in [4.78, 5) is 0. The maximum absolute atomic E-state index is 14.3. The fraction of sp³-hybridized carbons (Fsp3) is 0.211. The van der Waals surface area contributed by atoms with Gasteiger partial charge in [0.25, 0.3) is 0 Å². The molecule has 0 radical (unpaired) electrons. The fourth-order valence-electron chi connectivity index (χ4n) is 3.13. The normalized spacial score (nSPS) is 14.0. The van der Waals surface area contributed by atoms with E-state index in [9.17, 15) is 4.39 Å². The molecule has 0 saturated heterocycles. The Hall–Kier alpha value is -2.62. The molecular formula is C19H18FN3. The van der Waals surface area contributed by atoms with Gasteiger partial charge in [-0.3, -0.25) is 0 Å². The van der Waals surface area contributed by atoms with Crippen LogP contribution in [0.3, 0.4) is 0 Å². The summed E-state index contributed by atoms with van der Waals surface area (Å²) < 4.78 is 16.0. The lowest BCUT2D eigenvalue weighted by molar-refractivity contribution is 0.611. The van der Waals surface area contributed by atoms with Crippen LogP contribution in [0.15, 0.2) is 54.6 Å². The molecule has 0 aliphatic carbocycles. The van der Waals surface area contributed by atoms with Crippen LogP contribution in [-0.4, -0.2) is 16.3 Å². The number of anilines is 1. The number of benzene rings is 2. The highest BCUT2D eigenvalue weighted by Gasteiger charge is 2.22. The van der Waals surface area contributed by atoms with Crippen molar-refractivity contribution in [2.24, 2.45) is 0 Å². The Morgan fingerprint density at radius 3 is 2.57 bits per heavy atom. The smallest absolute Gasteiger partial charge is 0.148 e. The molecule has 116 valence electrons. The van der Waals surface area contributed by atoms with Crippen molar-refractivity contribution in [2.45, 2.75) is 19.3 Å². The molecule has 2 aromatic carbocycles. The first-order chi connectivity index (χ1) is 11.3. The number of para-hydroxylation sites is 1. The molecule has 1 aromatic heterocycles. The average molecular weight is 307 g/mol. The van der Waals surface area contributed by atoms with Crippen molar-refractivity contribution < 1.29 is 4.39 Å². The molecule has 3 aromatic rings. The summed E-state index contributed by atoms with van der Waals surface area (Å²) in [6.45, 7) is 0.890. The number of nitrogens with zero attached hydrogens (tertiary/aromatic N) is 2. The summed E-state index contributed by atoms with van der Waals surface area (Å²) >= 11 is 0. The molecule has 3 nitrogen and oxygen atoms in total. The maximum Gasteiger partial charge on any atom is 0.148 e. The van der Waals surface area contributed by atoms with Gasteiger partial charge in [-0.15, -0.1) is 0 Å². The van der Waals surface area contributed by atoms with E-state index in [4.69, 9.17) is 5.10 Å². The van der Waals surface area contributed by atoms with E-state index in [2.05, 4.69) is 17.4 Å². The van der Waals surface area contributed by atoms with Crippen LogP contribution in [-0.2, 0) is 6.42 Å². The average Bonchev–Trinajstić information content (AvgIpc) is 2.78. The maximum atomic E-state index is 14.3. The SMILES string of the molecule is Fc1ccccc1-n1nc(-c2ccccc2)c2c1NCCCC2. The summed E-state index contributed by atoms with van der Waals surface area (Å²) in [6, 6.07) is 16.9. The molecule has 2 heterocycles. The molecule has 0 unspecified atom stereocenters. The Morgan fingerprint density at radius 2 is 1.74 bits per heavy atom. The Kier molecular flexibility index (Phi) is 3.58. The minimum atomic E-state index is -0.261. The van der Waals surface area contributed by atoms with Gasteiger partial charge in [0.05, 0.1) is 5.69 Å². The highest BCUT2D eigenvalue weighted by Crippen LogP contribution is 2.34. The van der Waals surface area contributed by atoms with Crippen LogP contribution >= 0.6 is 0 Å². The summed E-state index contributed by atoms with van der Waals surface area (Å²) in [6.07, 6.45) is 3.18. The van der Waals surface area contributed by atoms with E-state index in [-0.39, 0.29) is 5.82 Å². The largest absolute Gasteiger partial charge is 0.370 e. The summed E-state index contributed by atoms with van der Waals surface area (Å²) in [5, 5.41) is 8.19. The molecule has 23 heavy (non-hydrogen) atoms. The third kappa shape index (κ3) is 2.50. The number of rotatable bonds is 2. The number of halogens is 1. The Balaban J connectivity index is 1.94. The van der Waals surface area contributed by atoms with Gasteiger partial charge in [0, 0.05) is 17.7 Å². The third-order valence-corrected chi connectivity index (χ3v) is 4.26. The van der Waals surface area contributed by atoms with Crippen LogP contribution in [0.1, 0.15) is 18.4 Å². The van der Waals surface area contributed by atoms with Crippen LogP contribution in [0.2, 0.25) is 0 Å². The molecule has 0 fully saturated rings. The van der Waals surface area contributed by atoms with E-state index in [0.717, 1.165) is 42.9 Å². The topological polar surface area (TPSA) is 29.9 Å². The zero-order chi connectivity index (χ0) is 15.6. The van der Waals surface area contributed by atoms with Gasteiger partial charge in [0.1, 0.15) is 17.3 Å². The quantitative estimate of drug-likeness (QED) is 0.759. The second-order valence-corrected chi connectivity index (χ2v) is 5.79. The van der Waals surface area contributed by atoms with Gasteiger partial charge in [-0.2, -0.15) is 5.10 Å². The molecular weight excluding hydrogens is 289 g/mol. The number of hydrogen-bond acceptors (Lipinski definition) is 2. The lowest BCUT2D eigenvalue weighted by Crippen LogP contribution is -2.08. The lowest BCUT2D eigenvalue weighted by atomic mass is 10.0. The first kappa shape index (κ1) is 14.0. The Morgan fingerprint density at radius 1 is 0.957 bits per heavy atom. The number of nitrogens with one attached hydrogen (secondary N) is 1. The summed E-state index contributed by atoms with van der Waals surface area (Å²) in [5.74, 6) is 0.662. The first-order valence-electron chi connectivity index (χ1n) is 8.00. The van der Waals surface area contributed by atoms with Gasteiger partial charge in [0.2, 0.25) is 0 Å². The molecule has 1 aliphatic rings. The van der Waals surface area contributed by atoms with Crippen molar-refractivity contribution in [1.29, 1.82) is 0 Å². The minimum Gasteiger partial charge on any atom is -0.370 e. The number of fused-ring (bicyclic) bond motifs is 1. The van der Waals surface area contributed by atoms with Crippen LogP contribution < -0.4 is 5.32 Å². The zero-order valence-corrected chi connectivity index (χ0v) is 12.8. The van der Waals surface area contributed by atoms with E-state index in [0.29, 0.717) is 5.69 Å². The van der Waals surface area contributed by atoms with Crippen molar-refractivity contribution in [2.75, 3.05) is 11.9 Å². The molecule has 4 rings (SSSR count). The summed E-state index contributed by atoms with van der Waals surface area (Å²) in [5.41, 5.74) is 3.68.